The van der Waals surface area contributed by atoms with Crippen LogP contribution in [0.15, 0.2) is 96.1 Å². The van der Waals surface area contributed by atoms with Gasteiger partial charge in [-0.25, -0.2) is 0 Å². The maximum absolute atomic E-state index is 3.40. The molecule has 4 fully saturated rings. The third-order valence-electron chi connectivity index (χ3n) is 16.4. The van der Waals surface area contributed by atoms with Crippen molar-refractivity contribution >= 4 is 37.0 Å². The van der Waals surface area contributed by atoms with Gasteiger partial charge in [-0.15, -0.1) is 24.8 Å². The van der Waals surface area contributed by atoms with Gasteiger partial charge in [-0.1, -0.05) is 0 Å². The average Bonchev–Trinajstić information content (AvgIpc) is 3.48. The third-order valence-corrected chi connectivity index (χ3v) is 41.0. The van der Waals surface area contributed by atoms with E-state index in [1.54, 1.807) is 22.3 Å². The van der Waals surface area contributed by atoms with Crippen molar-refractivity contribution in [2.45, 2.75) is 157 Å². The number of hydrogen-bond acceptors (Lipinski definition) is 0. The zero-order valence-corrected chi connectivity index (χ0v) is 42.1. The molecule has 0 amide bonds. The minimum Gasteiger partial charge on any atom is -0.147 e. The molecule has 1 heterocycles. The van der Waals surface area contributed by atoms with Crippen LogP contribution in [0.2, 0.25) is 7.35 Å². The van der Waals surface area contributed by atoms with Gasteiger partial charge in [0.25, 0.3) is 0 Å². The quantitative estimate of drug-likeness (QED) is 0.169. The first-order valence-corrected chi connectivity index (χ1v) is 31.8. The summed E-state index contributed by atoms with van der Waals surface area (Å²) in [4.78, 5) is 0. The summed E-state index contributed by atoms with van der Waals surface area (Å²) in [5.74, 6) is 1.53. The predicted octanol–water partition coefficient (Wildman–Crippen LogP) is 17.5. The summed E-state index contributed by atoms with van der Waals surface area (Å²) in [6.07, 6.45) is 25.8. The van der Waals surface area contributed by atoms with Crippen molar-refractivity contribution in [3.8, 4) is 22.3 Å². The number of rotatable bonds is 6. The molecule has 3 saturated carbocycles. The second-order valence-electron chi connectivity index (χ2n) is 21.6. The molecular weight excluding hydrogens is 922 g/mol. The molecule has 1 aliphatic heterocycles. The van der Waals surface area contributed by atoms with Crippen molar-refractivity contribution in [3.05, 3.63) is 129 Å². The molecular formula is C56H70Cl2Hf. The van der Waals surface area contributed by atoms with Crippen molar-refractivity contribution in [3.63, 3.8) is 0 Å². The third kappa shape index (κ3) is 7.50. The van der Waals surface area contributed by atoms with Crippen LogP contribution < -0.4 is 0 Å². The molecule has 6 aliphatic rings. The molecule has 5 aliphatic carbocycles. The maximum atomic E-state index is 2.86. The molecule has 0 bridgehead atoms. The zero-order chi connectivity index (χ0) is 39.1. The van der Waals surface area contributed by atoms with Crippen molar-refractivity contribution in [1.82, 2.24) is 0 Å². The Bertz CT molecular complexity index is 2040. The molecule has 0 radical (unpaired) electrons. The van der Waals surface area contributed by atoms with E-state index in [4.69, 9.17) is 0 Å². The summed E-state index contributed by atoms with van der Waals surface area (Å²) >= 11 is -3.40. The smallest absolute Gasteiger partial charge is 0.147 e. The molecule has 1 saturated heterocycles. The van der Waals surface area contributed by atoms with Gasteiger partial charge in [0.05, 0.1) is 0 Å². The van der Waals surface area contributed by atoms with Gasteiger partial charge >= 0.3 is 353 Å². The Balaban J connectivity index is 0.00000242. The number of benzene rings is 4. The largest absolute Gasteiger partial charge is 0.147 e. The predicted molar refractivity (Wildman–Crippen MR) is 256 cm³/mol. The Morgan fingerprint density at radius 2 is 0.780 bits per heavy atom. The molecule has 312 valence electrons. The van der Waals surface area contributed by atoms with Crippen molar-refractivity contribution in [2.75, 3.05) is 0 Å². The van der Waals surface area contributed by atoms with E-state index in [9.17, 15) is 0 Å². The van der Waals surface area contributed by atoms with Crippen LogP contribution in [-0.2, 0) is 30.8 Å². The van der Waals surface area contributed by atoms with E-state index in [0.29, 0.717) is 0 Å². The van der Waals surface area contributed by atoms with Gasteiger partial charge in [-0.3, -0.25) is 0 Å². The Labute approximate surface area is 374 Å². The van der Waals surface area contributed by atoms with Crippen LogP contribution in [-0.4, -0.2) is 0 Å². The number of halogens is 2. The Kier molecular flexibility index (Phi) is 12.4. The molecule has 3 heteroatoms. The van der Waals surface area contributed by atoms with E-state index in [1.807, 2.05) is 11.1 Å². The van der Waals surface area contributed by atoms with E-state index in [1.165, 1.54) is 123 Å². The van der Waals surface area contributed by atoms with E-state index in [-0.39, 0.29) is 35.6 Å². The topological polar surface area (TPSA) is 0 Å². The molecule has 0 N–H and O–H groups in total. The summed E-state index contributed by atoms with van der Waals surface area (Å²) in [6.45, 7) is 14.1. The SMILES string of the molecule is CC(C)(C)c1ccc(-c2cccc3c2C=C(C2CCCCC2)[CH]3[Hf]2([CH]3C(C4CCCCC4)=Cc4c(-c5ccc(C(C)(C)C)cc5)cccc43)[CH]3CCCC[CH]32)cc1.Cl.Cl. The molecule has 0 aromatic heterocycles. The molecule has 0 nitrogen and oxygen atoms in total. The van der Waals surface area contributed by atoms with Gasteiger partial charge in [0.15, 0.2) is 0 Å². The van der Waals surface area contributed by atoms with Crippen LogP contribution in [0.4, 0.5) is 0 Å². The van der Waals surface area contributed by atoms with Crippen molar-refractivity contribution < 1.29 is 20.0 Å². The van der Waals surface area contributed by atoms with Crippen LogP contribution >= 0.6 is 24.8 Å². The van der Waals surface area contributed by atoms with Gasteiger partial charge in [0.2, 0.25) is 0 Å². The fraction of sp³-hybridized carbons (Fsp3) is 0.500. The molecule has 4 aromatic carbocycles. The zero-order valence-electron chi connectivity index (χ0n) is 36.9. The van der Waals surface area contributed by atoms with Crippen molar-refractivity contribution in [2.24, 2.45) is 11.8 Å². The van der Waals surface area contributed by atoms with E-state index in [0.717, 1.165) is 26.5 Å². The first-order chi connectivity index (χ1) is 27.5. The van der Waals surface area contributed by atoms with Crippen LogP contribution in [0.3, 0.4) is 0 Å². The van der Waals surface area contributed by atoms with E-state index in [2.05, 4.69) is 139 Å². The number of allylic oxidation sites excluding steroid dienone is 2. The molecule has 4 atom stereocenters. The monoisotopic (exact) mass is 992 g/mol. The van der Waals surface area contributed by atoms with Crippen LogP contribution in [0.5, 0.6) is 0 Å². The second-order valence-corrected chi connectivity index (χ2v) is 38.3. The van der Waals surface area contributed by atoms with Crippen LogP contribution in [0, 0.1) is 11.8 Å². The summed E-state index contributed by atoms with van der Waals surface area (Å²) in [7, 11) is 0. The van der Waals surface area contributed by atoms with E-state index < -0.39 is 20.0 Å². The van der Waals surface area contributed by atoms with Crippen LogP contribution in [0.1, 0.15) is 172 Å². The van der Waals surface area contributed by atoms with Crippen molar-refractivity contribution in [1.29, 1.82) is 0 Å². The van der Waals surface area contributed by atoms with Gasteiger partial charge in [0.1, 0.15) is 0 Å². The Morgan fingerprint density at radius 3 is 1.14 bits per heavy atom. The standard InChI is InChI=1S/2C25H29.C6H10.2ClH.Hf/c2*1-25(2,3)22-14-12-19(13-15-22)23-11-7-10-20-16-21(17-24(20)23)18-8-5-4-6-9-18;1-2-4-6-5-3-1;;;/h2*7,10-18H,4-6,8-9H2,1-3H3;1-2H,3-6H2;2*1H;. The summed E-state index contributed by atoms with van der Waals surface area (Å²) < 4.78 is 3.52. The summed E-state index contributed by atoms with van der Waals surface area (Å²) in [5.41, 5.74) is 19.6. The van der Waals surface area contributed by atoms with Gasteiger partial charge in [0, 0.05) is 0 Å². The second kappa shape index (κ2) is 16.8. The summed E-state index contributed by atoms with van der Waals surface area (Å²) in [6, 6.07) is 34.7. The van der Waals surface area contributed by atoms with Crippen LogP contribution in [0.25, 0.3) is 34.4 Å². The number of fused-ring (bicyclic) bond motifs is 3. The molecule has 4 unspecified atom stereocenters. The summed E-state index contributed by atoms with van der Waals surface area (Å²) in [5, 5.41) is 0. The Hall–Kier alpha value is -2.19. The minimum absolute atomic E-state index is 0. The van der Waals surface area contributed by atoms with Gasteiger partial charge in [-0.05, 0) is 0 Å². The van der Waals surface area contributed by atoms with Gasteiger partial charge in [-0.2, -0.15) is 0 Å². The first-order valence-electron chi connectivity index (χ1n) is 23.5. The molecule has 4 aromatic rings. The van der Waals surface area contributed by atoms with Gasteiger partial charge < -0.3 is 0 Å². The molecule has 0 spiro atoms. The maximum Gasteiger partial charge on any atom is -0.147 e. The normalized spacial score (nSPS) is 26.7. The fourth-order valence-corrected chi connectivity index (χ4v) is 49.2. The first kappa shape index (κ1) is 43.5. The fourth-order valence-electron chi connectivity index (χ4n) is 13.6. The van der Waals surface area contributed by atoms with E-state index >= 15 is 0 Å². The minimum atomic E-state index is -3.40. The number of hydrogen-bond donors (Lipinski definition) is 0. The molecule has 10 rings (SSSR count). The molecule has 59 heavy (non-hydrogen) atoms. The average molecular weight is 993 g/mol. The Morgan fingerprint density at radius 1 is 0.424 bits per heavy atom.